The predicted molar refractivity (Wildman–Crippen MR) is 161 cm³/mol. The maximum Gasteiger partial charge on any atom is 0.179 e. The number of benzene rings is 3. The van der Waals surface area contributed by atoms with Gasteiger partial charge in [0.25, 0.3) is 0 Å². The Morgan fingerprint density at radius 1 is 0.829 bits per heavy atom. The normalized spacial score (nSPS) is 12.8. The Hall–Kier alpha value is -4.85. The molecule has 7 rings (SSSR count). The van der Waals surface area contributed by atoms with Gasteiger partial charge in [-0.25, -0.2) is 15.1 Å². The number of para-hydroxylation sites is 1. The van der Waals surface area contributed by atoms with Gasteiger partial charge >= 0.3 is 0 Å². The van der Waals surface area contributed by atoms with E-state index in [1.165, 1.54) is 33.6 Å². The van der Waals surface area contributed by atoms with Crippen molar-refractivity contribution >= 4 is 22.5 Å². The first kappa shape index (κ1) is 25.1. The fourth-order valence-electron chi connectivity index (χ4n) is 6.16. The number of nitrogens with one attached hydrogen (secondary N) is 1. The number of aryl methyl sites for hydroxylation is 5. The van der Waals surface area contributed by atoms with Gasteiger partial charge in [0.15, 0.2) is 11.5 Å². The topological polar surface area (TPSA) is 88.4 Å². The number of rotatable bonds is 6. The van der Waals surface area contributed by atoms with Crippen LogP contribution in [-0.4, -0.2) is 35.2 Å². The first-order valence-electron chi connectivity index (χ1n) is 14.2. The van der Waals surface area contributed by atoms with Crippen molar-refractivity contribution < 1.29 is 0 Å². The van der Waals surface area contributed by atoms with Crippen LogP contribution in [0.4, 0.5) is 11.4 Å². The molecule has 8 heteroatoms. The molecule has 4 heterocycles. The minimum atomic E-state index is 0.678. The molecule has 6 aromatic rings. The lowest BCUT2D eigenvalue weighted by Gasteiger charge is -2.28. The summed E-state index contributed by atoms with van der Waals surface area (Å²) in [5, 5.41) is 14.7. The molecule has 1 aliphatic rings. The van der Waals surface area contributed by atoms with Crippen LogP contribution in [-0.2, 0) is 32.4 Å². The highest BCUT2D eigenvalue weighted by molar-refractivity contribution is 5.76. The zero-order valence-corrected chi connectivity index (χ0v) is 23.6. The monoisotopic (exact) mass is 540 g/mol. The van der Waals surface area contributed by atoms with Crippen molar-refractivity contribution in [1.82, 2.24) is 35.2 Å². The second kappa shape index (κ2) is 10.3. The van der Waals surface area contributed by atoms with Gasteiger partial charge in [0.05, 0.1) is 6.54 Å². The lowest BCUT2D eigenvalue weighted by molar-refractivity contribution is 0.744. The summed E-state index contributed by atoms with van der Waals surface area (Å²) in [4.78, 5) is 12.3. The number of hydrogen-bond acceptors (Lipinski definition) is 6. The number of fused-ring (bicyclic) bond motifs is 3. The number of aromatic amines is 1. The molecule has 0 spiro atoms. The molecule has 41 heavy (non-hydrogen) atoms. The Kier molecular flexibility index (Phi) is 6.30. The average Bonchev–Trinajstić information content (AvgIpc) is 3.61. The van der Waals surface area contributed by atoms with E-state index in [4.69, 9.17) is 9.97 Å². The van der Waals surface area contributed by atoms with E-state index >= 15 is 0 Å². The molecule has 0 aliphatic carbocycles. The molecule has 0 unspecified atom stereocenters. The van der Waals surface area contributed by atoms with Gasteiger partial charge in [0.2, 0.25) is 0 Å². The van der Waals surface area contributed by atoms with Gasteiger partial charge in [-0.15, -0.1) is 5.10 Å². The van der Waals surface area contributed by atoms with E-state index in [0.717, 1.165) is 59.6 Å². The molecule has 204 valence electrons. The number of imidazole rings is 1. The van der Waals surface area contributed by atoms with E-state index in [-0.39, 0.29) is 0 Å². The maximum absolute atomic E-state index is 4.96. The molecule has 0 atom stereocenters. The number of pyridine rings is 1. The van der Waals surface area contributed by atoms with Crippen molar-refractivity contribution in [3.05, 3.63) is 112 Å². The fourth-order valence-corrected chi connectivity index (χ4v) is 6.16. The Balaban J connectivity index is 1.30. The van der Waals surface area contributed by atoms with Crippen LogP contribution < -0.4 is 4.90 Å². The number of tetrazole rings is 1. The molecule has 3 aromatic carbocycles. The fraction of sp³-hybridized carbons (Fsp3) is 0.242. The molecule has 1 aliphatic heterocycles. The molecule has 3 aromatic heterocycles. The first-order chi connectivity index (χ1) is 20.1. The van der Waals surface area contributed by atoms with Crippen molar-refractivity contribution in [2.24, 2.45) is 0 Å². The van der Waals surface area contributed by atoms with Gasteiger partial charge < -0.3 is 9.47 Å². The average molecular weight is 541 g/mol. The second-order valence-electron chi connectivity index (χ2n) is 10.8. The van der Waals surface area contributed by atoms with Crippen LogP contribution in [0, 0.1) is 13.8 Å². The summed E-state index contributed by atoms with van der Waals surface area (Å²) >= 11 is 0. The van der Waals surface area contributed by atoms with E-state index in [9.17, 15) is 0 Å². The highest BCUT2D eigenvalue weighted by Crippen LogP contribution is 2.39. The highest BCUT2D eigenvalue weighted by Gasteiger charge is 2.23. The van der Waals surface area contributed by atoms with Crippen LogP contribution in [0.25, 0.3) is 22.6 Å². The summed E-state index contributed by atoms with van der Waals surface area (Å²) in [5.41, 5.74) is 12.8. The van der Waals surface area contributed by atoms with E-state index in [0.29, 0.717) is 12.4 Å². The van der Waals surface area contributed by atoms with Gasteiger partial charge in [0.1, 0.15) is 11.3 Å². The van der Waals surface area contributed by atoms with Crippen LogP contribution in [0.3, 0.4) is 0 Å². The molecule has 0 bridgehead atoms. The largest absolute Gasteiger partial charge is 0.337 e. The molecule has 0 amide bonds. The summed E-state index contributed by atoms with van der Waals surface area (Å²) in [6.07, 6.45) is 2.83. The SMILES string of the molecule is CCc1nc2c(C)cc(C)nc2n1Cc1ccc2c(c1)CCc1ccccc1N2Cc1ccccc1-c1nnn[nH]1. The third kappa shape index (κ3) is 4.55. The van der Waals surface area contributed by atoms with Crippen molar-refractivity contribution in [3.8, 4) is 11.4 Å². The summed E-state index contributed by atoms with van der Waals surface area (Å²) in [5.74, 6) is 1.75. The van der Waals surface area contributed by atoms with Gasteiger partial charge in [-0.05, 0) is 83.1 Å². The smallest absolute Gasteiger partial charge is 0.179 e. The molecular weight excluding hydrogens is 508 g/mol. The van der Waals surface area contributed by atoms with Gasteiger partial charge in [-0.2, -0.15) is 0 Å². The van der Waals surface area contributed by atoms with Crippen LogP contribution >= 0.6 is 0 Å². The van der Waals surface area contributed by atoms with E-state index in [2.05, 4.69) is 118 Å². The van der Waals surface area contributed by atoms with Crippen molar-refractivity contribution in [1.29, 1.82) is 0 Å². The van der Waals surface area contributed by atoms with Crippen molar-refractivity contribution in [2.45, 2.75) is 53.1 Å². The number of hydrogen-bond donors (Lipinski definition) is 1. The summed E-state index contributed by atoms with van der Waals surface area (Å²) in [6, 6.07) is 26.1. The zero-order chi connectivity index (χ0) is 27.9. The maximum atomic E-state index is 4.96. The minimum absolute atomic E-state index is 0.678. The molecule has 0 saturated heterocycles. The Morgan fingerprint density at radius 3 is 2.49 bits per heavy atom. The standard InChI is InChI=1S/C33H32N8/c1-4-30-35-31-21(2)17-22(3)34-33(31)41(30)19-23-13-16-29-25(18-23)15-14-24-9-6-8-12-28(24)40(29)20-26-10-5-7-11-27(26)32-36-38-39-37-32/h5-13,16-18H,4,14-15,19-20H2,1-3H3,(H,36,37,38,39). The lowest BCUT2D eigenvalue weighted by atomic mass is 10.0. The highest BCUT2D eigenvalue weighted by atomic mass is 15.5. The summed E-state index contributed by atoms with van der Waals surface area (Å²) < 4.78 is 2.29. The molecular formula is C33H32N8. The van der Waals surface area contributed by atoms with Crippen molar-refractivity contribution in [3.63, 3.8) is 0 Å². The number of anilines is 2. The summed E-state index contributed by atoms with van der Waals surface area (Å²) in [7, 11) is 0. The van der Waals surface area contributed by atoms with Gasteiger partial charge in [0, 0.05) is 35.6 Å². The number of nitrogens with zero attached hydrogens (tertiary/aromatic N) is 7. The number of H-pyrrole nitrogens is 1. The molecule has 1 N–H and O–H groups in total. The van der Waals surface area contributed by atoms with Crippen LogP contribution in [0.5, 0.6) is 0 Å². The minimum Gasteiger partial charge on any atom is -0.337 e. The first-order valence-corrected chi connectivity index (χ1v) is 14.2. The molecule has 0 fully saturated rings. The van der Waals surface area contributed by atoms with Crippen LogP contribution in [0.15, 0.2) is 72.8 Å². The third-order valence-corrected chi connectivity index (χ3v) is 8.09. The molecule has 8 nitrogen and oxygen atoms in total. The van der Waals surface area contributed by atoms with E-state index in [1.807, 2.05) is 6.07 Å². The van der Waals surface area contributed by atoms with Crippen molar-refractivity contribution in [2.75, 3.05) is 4.90 Å². The van der Waals surface area contributed by atoms with Crippen LogP contribution in [0.1, 0.15) is 46.3 Å². The Bertz CT molecular complexity index is 1870. The van der Waals surface area contributed by atoms with E-state index in [1.54, 1.807) is 0 Å². The second-order valence-corrected chi connectivity index (χ2v) is 10.8. The lowest BCUT2D eigenvalue weighted by Crippen LogP contribution is -2.18. The molecule has 0 saturated carbocycles. The van der Waals surface area contributed by atoms with Crippen LogP contribution in [0.2, 0.25) is 0 Å². The Labute approximate surface area is 239 Å². The number of aromatic nitrogens is 7. The van der Waals surface area contributed by atoms with E-state index < -0.39 is 0 Å². The Morgan fingerprint density at radius 2 is 1.63 bits per heavy atom. The third-order valence-electron chi connectivity index (χ3n) is 8.09. The summed E-state index contributed by atoms with van der Waals surface area (Å²) in [6.45, 7) is 7.80. The predicted octanol–water partition coefficient (Wildman–Crippen LogP) is 6.28. The van der Waals surface area contributed by atoms with Gasteiger partial charge in [-0.3, -0.25) is 0 Å². The zero-order valence-electron chi connectivity index (χ0n) is 23.6. The van der Waals surface area contributed by atoms with Gasteiger partial charge in [-0.1, -0.05) is 61.5 Å². The molecule has 0 radical (unpaired) electrons. The quantitative estimate of drug-likeness (QED) is 0.268.